The summed E-state index contributed by atoms with van der Waals surface area (Å²) in [5, 5.41) is 12.2. The second-order valence-corrected chi connectivity index (χ2v) is 3.01. The zero-order valence-electron chi connectivity index (χ0n) is 6.59. The first-order valence-electron chi connectivity index (χ1n) is 3.32. The molecule has 0 aliphatic heterocycles. The van der Waals surface area contributed by atoms with Crippen LogP contribution in [0.2, 0.25) is 0 Å². The molecular weight excluding hydrogens is 158 g/mol. The van der Waals surface area contributed by atoms with Gasteiger partial charge < -0.3 is 10.4 Å². The fraction of sp³-hybridized carbons (Fsp3) is 0.250. The van der Waals surface area contributed by atoms with E-state index in [2.05, 4.69) is 5.32 Å². The monoisotopic (exact) mass is 169 g/mol. The number of rotatable bonds is 2. The summed E-state index contributed by atoms with van der Waals surface area (Å²) in [4.78, 5) is 1.07. The van der Waals surface area contributed by atoms with E-state index in [0.717, 1.165) is 10.6 Å². The van der Waals surface area contributed by atoms with Gasteiger partial charge in [-0.05, 0) is 24.5 Å². The molecule has 0 heterocycles. The van der Waals surface area contributed by atoms with Gasteiger partial charge in [-0.1, -0.05) is 0 Å². The number of thioether (sulfide) groups is 1. The molecule has 1 aromatic carbocycles. The molecule has 0 amide bonds. The Bertz CT molecular complexity index is 250. The van der Waals surface area contributed by atoms with E-state index in [1.165, 1.54) is 0 Å². The number of hydrogen-bond acceptors (Lipinski definition) is 3. The summed E-state index contributed by atoms with van der Waals surface area (Å²) in [5.74, 6) is 0.305. The largest absolute Gasteiger partial charge is 0.506 e. The fourth-order valence-corrected chi connectivity index (χ4v) is 1.28. The number of nitrogens with one attached hydrogen (secondary N) is 1. The molecule has 1 aromatic rings. The molecule has 1 rings (SSSR count). The number of phenolic OH excluding ortho intramolecular Hbond substituents is 1. The summed E-state index contributed by atoms with van der Waals surface area (Å²) in [6.45, 7) is 0. The quantitative estimate of drug-likeness (QED) is 0.525. The van der Waals surface area contributed by atoms with Gasteiger partial charge in [-0.2, -0.15) is 0 Å². The van der Waals surface area contributed by atoms with Gasteiger partial charge in [0, 0.05) is 11.9 Å². The number of anilines is 1. The van der Waals surface area contributed by atoms with E-state index >= 15 is 0 Å². The van der Waals surface area contributed by atoms with E-state index in [9.17, 15) is 5.11 Å². The second-order valence-electron chi connectivity index (χ2n) is 2.13. The number of hydrogen-bond donors (Lipinski definition) is 2. The molecule has 0 atom stereocenters. The highest BCUT2D eigenvalue weighted by molar-refractivity contribution is 7.98. The Labute approximate surface area is 70.6 Å². The third kappa shape index (κ3) is 1.80. The number of aromatic hydroxyl groups is 1. The van der Waals surface area contributed by atoms with Crippen molar-refractivity contribution in [2.45, 2.75) is 4.90 Å². The summed E-state index contributed by atoms with van der Waals surface area (Å²) in [6.07, 6.45) is 1.98. The van der Waals surface area contributed by atoms with Crippen LogP contribution in [0.25, 0.3) is 0 Å². The highest BCUT2D eigenvalue weighted by Gasteiger charge is 1.98. The maximum Gasteiger partial charge on any atom is 0.139 e. The summed E-state index contributed by atoms with van der Waals surface area (Å²) < 4.78 is 0. The molecule has 2 nitrogen and oxygen atoms in total. The molecule has 0 saturated heterocycles. The Balaban J connectivity index is 2.99. The summed E-state index contributed by atoms with van der Waals surface area (Å²) in [7, 11) is 1.79. The lowest BCUT2D eigenvalue weighted by molar-refractivity contribution is 0.476. The van der Waals surface area contributed by atoms with Crippen molar-refractivity contribution < 1.29 is 5.11 Å². The van der Waals surface area contributed by atoms with Gasteiger partial charge in [0.15, 0.2) is 0 Å². The zero-order valence-corrected chi connectivity index (χ0v) is 7.40. The second kappa shape index (κ2) is 3.53. The van der Waals surface area contributed by atoms with Crippen LogP contribution < -0.4 is 5.32 Å². The minimum Gasteiger partial charge on any atom is -0.506 e. The van der Waals surface area contributed by atoms with Crippen LogP contribution in [0.3, 0.4) is 0 Å². The number of phenols is 1. The first-order chi connectivity index (χ1) is 5.27. The highest BCUT2D eigenvalue weighted by Crippen LogP contribution is 2.27. The Morgan fingerprint density at radius 1 is 1.45 bits per heavy atom. The molecule has 0 saturated carbocycles. The molecule has 0 aliphatic rings. The molecule has 2 N–H and O–H groups in total. The third-order valence-corrected chi connectivity index (χ3v) is 2.20. The van der Waals surface area contributed by atoms with Crippen LogP contribution in [-0.4, -0.2) is 18.4 Å². The molecule has 0 aromatic heterocycles. The molecular formula is C8H11NOS. The van der Waals surface area contributed by atoms with Crippen molar-refractivity contribution in [3.8, 4) is 5.75 Å². The minimum absolute atomic E-state index is 0.305. The summed E-state index contributed by atoms with van der Waals surface area (Å²) >= 11 is 1.61. The van der Waals surface area contributed by atoms with Crippen LogP contribution in [0.5, 0.6) is 5.75 Å². The highest BCUT2D eigenvalue weighted by atomic mass is 32.2. The van der Waals surface area contributed by atoms with E-state index in [0.29, 0.717) is 5.75 Å². The van der Waals surface area contributed by atoms with Gasteiger partial charge in [0.1, 0.15) is 5.75 Å². The van der Waals surface area contributed by atoms with Gasteiger partial charge in [0.25, 0.3) is 0 Å². The summed E-state index contributed by atoms with van der Waals surface area (Å²) in [6, 6.07) is 5.58. The van der Waals surface area contributed by atoms with E-state index < -0.39 is 0 Å². The minimum atomic E-state index is 0.305. The van der Waals surface area contributed by atoms with Crippen LogP contribution in [0.4, 0.5) is 5.69 Å². The Hall–Kier alpha value is -0.830. The zero-order chi connectivity index (χ0) is 8.27. The lowest BCUT2D eigenvalue weighted by atomic mass is 10.3. The Morgan fingerprint density at radius 2 is 2.18 bits per heavy atom. The third-order valence-electron chi connectivity index (χ3n) is 1.47. The molecule has 0 spiro atoms. The molecule has 11 heavy (non-hydrogen) atoms. The van der Waals surface area contributed by atoms with Crippen molar-refractivity contribution in [2.75, 3.05) is 18.6 Å². The van der Waals surface area contributed by atoms with Gasteiger partial charge >= 0.3 is 0 Å². The Morgan fingerprint density at radius 3 is 2.64 bits per heavy atom. The van der Waals surface area contributed by atoms with Crippen LogP contribution in [0, 0.1) is 0 Å². The maximum atomic E-state index is 9.35. The van der Waals surface area contributed by atoms with E-state index in [-0.39, 0.29) is 0 Å². The van der Waals surface area contributed by atoms with E-state index in [4.69, 9.17) is 0 Å². The molecule has 0 unspecified atom stereocenters. The van der Waals surface area contributed by atoms with Gasteiger partial charge in [-0.25, -0.2) is 0 Å². The maximum absolute atomic E-state index is 9.35. The summed E-state index contributed by atoms with van der Waals surface area (Å²) in [5.41, 5.74) is 0.766. The topological polar surface area (TPSA) is 32.3 Å². The lowest BCUT2D eigenvalue weighted by Crippen LogP contribution is -1.87. The van der Waals surface area contributed by atoms with E-state index in [1.54, 1.807) is 24.9 Å². The van der Waals surface area contributed by atoms with Crippen molar-refractivity contribution in [1.82, 2.24) is 0 Å². The van der Waals surface area contributed by atoms with Crippen LogP contribution in [-0.2, 0) is 0 Å². The average Bonchev–Trinajstić information content (AvgIpc) is 2.04. The van der Waals surface area contributed by atoms with Gasteiger partial charge in [0.05, 0.1) is 5.69 Å². The SMILES string of the molecule is CNc1ccc(SC)cc1O. The normalized spacial score (nSPS) is 9.64. The molecule has 0 bridgehead atoms. The van der Waals surface area contributed by atoms with Crippen LogP contribution in [0.15, 0.2) is 23.1 Å². The molecule has 0 radical (unpaired) electrons. The molecule has 0 aliphatic carbocycles. The van der Waals surface area contributed by atoms with Crippen molar-refractivity contribution in [1.29, 1.82) is 0 Å². The van der Waals surface area contributed by atoms with Crippen LogP contribution >= 0.6 is 11.8 Å². The van der Waals surface area contributed by atoms with Crippen LogP contribution in [0.1, 0.15) is 0 Å². The lowest BCUT2D eigenvalue weighted by Gasteiger charge is -2.03. The molecule has 0 fully saturated rings. The average molecular weight is 169 g/mol. The predicted molar refractivity (Wildman–Crippen MR) is 49.4 cm³/mol. The smallest absolute Gasteiger partial charge is 0.139 e. The number of benzene rings is 1. The van der Waals surface area contributed by atoms with Gasteiger partial charge in [-0.15, -0.1) is 11.8 Å². The van der Waals surface area contributed by atoms with Gasteiger partial charge in [-0.3, -0.25) is 0 Å². The van der Waals surface area contributed by atoms with E-state index in [1.807, 2.05) is 18.4 Å². The fourth-order valence-electron chi connectivity index (χ4n) is 0.850. The van der Waals surface area contributed by atoms with Crippen molar-refractivity contribution in [2.24, 2.45) is 0 Å². The standard InChI is InChI=1S/C8H11NOS/c1-9-7-4-3-6(11-2)5-8(7)10/h3-5,9-10H,1-2H3. The van der Waals surface area contributed by atoms with Gasteiger partial charge in [0.2, 0.25) is 0 Å². The Kier molecular flexibility index (Phi) is 2.65. The van der Waals surface area contributed by atoms with Crippen molar-refractivity contribution in [3.05, 3.63) is 18.2 Å². The first-order valence-corrected chi connectivity index (χ1v) is 4.55. The van der Waals surface area contributed by atoms with Crippen molar-refractivity contribution in [3.63, 3.8) is 0 Å². The van der Waals surface area contributed by atoms with Crippen molar-refractivity contribution >= 4 is 17.4 Å². The molecule has 3 heteroatoms. The first kappa shape index (κ1) is 8.27. The predicted octanol–water partition coefficient (Wildman–Crippen LogP) is 2.16. The molecule has 60 valence electrons.